The molecule has 0 radical (unpaired) electrons. The first-order valence-corrected chi connectivity index (χ1v) is 3.69. The Kier molecular flexibility index (Phi) is 33.3. The van der Waals surface area contributed by atoms with Gasteiger partial charge in [-0.25, -0.2) is 0 Å². The van der Waals surface area contributed by atoms with E-state index < -0.39 is 21.8 Å². The van der Waals surface area contributed by atoms with Crippen LogP contribution in [0.3, 0.4) is 0 Å². The van der Waals surface area contributed by atoms with Gasteiger partial charge in [0.15, 0.2) is 0 Å². The van der Waals surface area contributed by atoms with E-state index in [0.29, 0.717) is 0 Å². The lowest BCUT2D eigenvalue weighted by Crippen LogP contribution is -1.89. The van der Waals surface area contributed by atoms with Crippen LogP contribution in [0.5, 0.6) is 0 Å². The van der Waals surface area contributed by atoms with Crippen molar-refractivity contribution in [2.45, 2.75) is 0 Å². The van der Waals surface area contributed by atoms with E-state index in [-0.39, 0.29) is 17.8 Å². The van der Waals surface area contributed by atoms with Crippen LogP contribution in [0.25, 0.3) is 0 Å². The maximum Gasteiger partial charge on any atom is 0.394 e. The van der Waals surface area contributed by atoms with E-state index >= 15 is 0 Å². The molecule has 0 bridgehead atoms. The maximum absolute atomic E-state index is 8.74. The molecule has 0 aliphatic heterocycles. The molecule has 0 fully saturated rings. The fourth-order valence-corrected chi connectivity index (χ4v) is 0. The van der Waals surface area contributed by atoms with Crippen LogP contribution in [0.1, 0.15) is 0 Å². The third kappa shape index (κ3) is 23600. The summed E-state index contributed by atoms with van der Waals surface area (Å²) in [5.41, 5.74) is 0. The van der Waals surface area contributed by atoms with Crippen molar-refractivity contribution in [3.63, 3.8) is 0 Å². The zero-order chi connectivity index (χ0) is 8.08. The van der Waals surface area contributed by atoms with Crippen LogP contribution in [-0.2, 0) is 21.8 Å². The second kappa shape index (κ2) is 13.4. The van der Waals surface area contributed by atoms with Gasteiger partial charge in [-0.3, -0.25) is 18.2 Å². The van der Waals surface area contributed by atoms with Crippen molar-refractivity contribution >= 4 is 21.8 Å². The summed E-state index contributed by atoms with van der Waals surface area (Å²) in [6.45, 7) is 0. The van der Waals surface area contributed by atoms with E-state index in [1.807, 2.05) is 0 Å². The van der Waals surface area contributed by atoms with Crippen molar-refractivity contribution in [2.75, 3.05) is 0 Å². The molecule has 0 aromatic rings. The largest absolute Gasteiger partial charge is 0.412 e. The second-order valence-corrected chi connectivity index (χ2v) is 2.04. The van der Waals surface area contributed by atoms with Gasteiger partial charge >= 0.3 is 10.4 Å². The smallest absolute Gasteiger partial charge is 0.394 e. The van der Waals surface area contributed by atoms with Crippen molar-refractivity contribution in [3.05, 3.63) is 0 Å². The molecular weight excluding hydrogens is 220 g/mol. The van der Waals surface area contributed by atoms with E-state index in [0.717, 1.165) is 0 Å². The van der Waals surface area contributed by atoms with Crippen LogP contribution >= 0.6 is 0 Å². The van der Waals surface area contributed by atoms with Crippen LogP contribution in [0, 0.1) is 0 Å². The van der Waals surface area contributed by atoms with Crippen LogP contribution in [-0.4, -0.2) is 36.3 Å². The summed E-state index contributed by atoms with van der Waals surface area (Å²) in [5.74, 6) is 0. The highest BCUT2D eigenvalue weighted by Crippen LogP contribution is 1.59. The molecule has 82 valence electrons. The summed E-state index contributed by atoms with van der Waals surface area (Å²) in [4.78, 5) is 0. The van der Waals surface area contributed by atoms with Crippen molar-refractivity contribution in [3.8, 4) is 0 Å². The fourth-order valence-electron chi connectivity index (χ4n) is 0. The topological polar surface area (TPSA) is 234 Å². The van der Waals surface area contributed by atoms with E-state index in [1.165, 1.54) is 0 Å². The van der Waals surface area contributed by atoms with Gasteiger partial charge in [0.05, 0.1) is 0 Å². The number of hydrogen-bond acceptors (Lipinski definition) is 5. The van der Waals surface area contributed by atoms with E-state index in [9.17, 15) is 0 Å². The third-order valence-corrected chi connectivity index (χ3v) is 0. The highest BCUT2D eigenvalue weighted by molar-refractivity contribution is 7.79. The summed E-state index contributed by atoms with van der Waals surface area (Å²) in [5, 5.41) is 0. The Morgan fingerprint density at radius 2 is 1.00 bits per heavy atom. The zero-order valence-corrected chi connectivity index (χ0v) is 7.38. The number of rotatable bonds is 0. The highest BCUT2D eigenvalue weighted by Gasteiger charge is 1.84. The van der Waals surface area contributed by atoms with E-state index in [2.05, 4.69) is 0 Å². The Labute approximate surface area is 71.1 Å². The molecule has 0 spiro atoms. The average Bonchev–Trinajstić information content (AvgIpc) is 1.19. The molecule has 0 aromatic heterocycles. The predicted octanol–water partition coefficient (Wildman–Crippen LogP) is -1.47. The molecule has 0 atom stereocenters. The van der Waals surface area contributed by atoms with Gasteiger partial charge in [-0.15, -0.1) is 0 Å². The normalized spacial score (nSPS) is 7.75. The molecule has 0 aliphatic carbocycles. The zero-order valence-electron chi connectivity index (χ0n) is 5.74. The SMILES string of the molecule is N.N.O.O=S(=O)(O)O.O=S(O)O. The molecule has 0 heterocycles. The Balaban J connectivity index is -0.0000000221. The molecule has 0 saturated carbocycles. The molecule has 12 heteroatoms. The molecule has 12 N–H and O–H groups in total. The van der Waals surface area contributed by atoms with Gasteiger partial charge in [-0.05, 0) is 0 Å². The Hall–Kier alpha value is -0.180. The summed E-state index contributed by atoms with van der Waals surface area (Å²) in [7, 11) is -4.67. The van der Waals surface area contributed by atoms with Crippen molar-refractivity contribution in [2.24, 2.45) is 0 Å². The summed E-state index contributed by atoms with van der Waals surface area (Å²) in [6.07, 6.45) is 0. The molecule has 12 heavy (non-hydrogen) atoms. The minimum Gasteiger partial charge on any atom is -0.412 e. The second-order valence-electron chi connectivity index (χ2n) is 0.679. The van der Waals surface area contributed by atoms with Crippen LogP contribution < -0.4 is 12.3 Å². The van der Waals surface area contributed by atoms with Crippen molar-refractivity contribution < 1.29 is 36.3 Å². The molecule has 10 nitrogen and oxygen atoms in total. The first-order valence-electron chi connectivity index (χ1n) is 1.23. The minimum atomic E-state index is -4.67. The van der Waals surface area contributed by atoms with Crippen molar-refractivity contribution in [1.82, 2.24) is 12.3 Å². The fraction of sp³-hybridized carbons (Fsp3) is 0. The minimum absolute atomic E-state index is 0. The monoisotopic (exact) mass is 232 g/mol. The van der Waals surface area contributed by atoms with Crippen LogP contribution in [0.2, 0.25) is 0 Å². The summed E-state index contributed by atoms with van der Waals surface area (Å²) < 4.78 is 54.4. The summed E-state index contributed by atoms with van der Waals surface area (Å²) in [6, 6.07) is 0. The average molecular weight is 232 g/mol. The molecule has 0 unspecified atom stereocenters. The van der Waals surface area contributed by atoms with Gasteiger partial charge in [0.2, 0.25) is 0 Å². The first kappa shape index (κ1) is 29.8. The van der Waals surface area contributed by atoms with Crippen LogP contribution in [0.4, 0.5) is 0 Å². The molecule has 0 saturated heterocycles. The van der Waals surface area contributed by atoms with Gasteiger partial charge in [0.1, 0.15) is 0 Å². The van der Waals surface area contributed by atoms with E-state index in [4.69, 9.17) is 30.8 Å². The lowest BCUT2D eigenvalue weighted by Gasteiger charge is -1.68. The Morgan fingerprint density at radius 3 is 1.00 bits per heavy atom. The van der Waals surface area contributed by atoms with Gasteiger partial charge in [0, 0.05) is 0 Å². The predicted molar refractivity (Wildman–Crippen MR) is 41.2 cm³/mol. The lowest BCUT2D eigenvalue weighted by molar-refractivity contribution is 0.381. The summed E-state index contributed by atoms with van der Waals surface area (Å²) >= 11 is -2.61. The van der Waals surface area contributed by atoms with E-state index in [1.54, 1.807) is 0 Å². The van der Waals surface area contributed by atoms with Crippen molar-refractivity contribution in [1.29, 1.82) is 0 Å². The standard InChI is InChI=1S/2H3N.H2O4S.H2O3S.H2O/c;;1-5(2,3)4;1-4(2)3;/h2*1H3;(H2,1,2,3,4);(H2,1,2,3);1H2. The molecular formula is H12N2O8S2. The van der Waals surface area contributed by atoms with Gasteiger partial charge in [-0.1, -0.05) is 0 Å². The molecule has 0 aliphatic rings. The Bertz CT molecular complexity index is 157. The Morgan fingerprint density at radius 1 is 1.00 bits per heavy atom. The first-order chi connectivity index (χ1) is 3.73. The maximum atomic E-state index is 8.74. The lowest BCUT2D eigenvalue weighted by atomic mass is 14.0. The van der Waals surface area contributed by atoms with Gasteiger partial charge < -0.3 is 17.8 Å². The quantitative estimate of drug-likeness (QED) is 0.210. The molecule has 0 rings (SSSR count). The van der Waals surface area contributed by atoms with Crippen LogP contribution in [0.15, 0.2) is 0 Å². The number of hydrogen-bond donors (Lipinski definition) is 6. The molecule has 0 aromatic carbocycles. The third-order valence-electron chi connectivity index (χ3n) is 0. The van der Waals surface area contributed by atoms with Gasteiger partial charge in [-0.2, -0.15) is 12.6 Å². The molecule has 0 amide bonds. The van der Waals surface area contributed by atoms with Gasteiger partial charge in [0.25, 0.3) is 11.4 Å². The highest BCUT2D eigenvalue weighted by atomic mass is 32.3.